The number of benzene rings is 1. The van der Waals surface area contributed by atoms with E-state index in [2.05, 4.69) is 10.0 Å². The van der Waals surface area contributed by atoms with Gasteiger partial charge in [0.2, 0.25) is 10.0 Å². The molecule has 2 aliphatic rings. The molecule has 0 aliphatic carbocycles. The monoisotopic (exact) mass is 668 g/mol. The second kappa shape index (κ2) is 16.4. The van der Waals surface area contributed by atoms with E-state index >= 15 is 0 Å². The maximum absolute atomic E-state index is 13.4. The first-order valence-electron chi connectivity index (χ1n) is 15.5. The highest BCUT2D eigenvalue weighted by atomic mass is 32.2. The molecular formula is C30H48N6O9S. The van der Waals surface area contributed by atoms with E-state index in [9.17, 15) is 27.9 Å². The first-order chi connectivity index (χ1) is 21.6. The zero-order chi connectivity index (χ0) is 34.1. The van der Waals surface area contributed by atoms with Crippen LogP contribution in [0.1, 0.15) is 52.5 Å². The van der Waals surface area contributed by atoms with Gasteiger partial charge in [0.1, 0.15) is 35.9 Å². The molecule has 4 atom stereocenters. The Balaban J connectivity index is 1.64. The molecule has 16 heteroatoms. The van der Waals surface area contributed by atoms with Gasteiger partial charge in [-0.15, -0.1) is 0 Å². The summed E-state index contributed by atoms with van der Waals surface area (Å²) in [7, 11) is -3.73. The van der Waals surface area contributed by atoms with Gasteiger partial charge in [0.05, 0.1) is 18.3 Å². The Labute approximate surface area is 270 Å². The van der Waals surface area contributed by atoms with Crippen LogP contribution < -0.4 is 20.5 Å². The van der Waals surface area contributed by atoms with Crippen LogP contribution in [0.15, 0.2) is 24.3 Å². The zero-order valence-electron chi connectivity index (χ0n) is 27.0. The van der Waals surface area contributed by atoms with Crippen molar-refractivity contribution in [2.75, 3.05) is 45.1 Å². The van der Waals surface area contributed by atoms with Crippen LogP contribution in [0.25, 0.3) is 0 Å². The molecule has 0 bridgehead atoms. The number of carbonyl (C=O) groups excluding carboxylic acids is 2. The molecule has 4 unspecified atom stereocenters. The maximum atomic E-state index is 13.4. The fourth-order valence-corrected chi connectivity index (χ4v) is 6.62. The molecule has 0 spiro atoms. The number of carboxylic acids is 1. The van der Waals surface area contributed by atoms with Crippen molar-refractivity contribution < 1.29 is 42.1 Å². The quantitative estimate of drug-likeness (QED) is 0.0890. The number of nitrogens with two attached hydrogens (primary N) is 1. The smallest absolute Gasteiger partial charge is 0.411 e. The summed E-state index contributed by atoms with van der Waals surface area (Å²) in [4.78, 5) is 41.4. The van der Waals surface area contributed by atoms with Crippen molar-refractivity contribution in [3.8, 4) is 5.75 Å². The molecular weight excluding hydrogens is 620 g/mol. The van der Waals surface area contributed by atoms with Gasteiger partial charge in [-0.1, -0.05) is 25.5 Å². The SMILES string of the molecule is CCCCS(=O)(=O)NC(Cc1ccc(OCC2CN(C(CC(C(=N)N)N3CCNCC3)C(=O)OC(C)(C)C)C(=O)O2)cc1)C(=O)O. The zero-order valence-corrected chi connectivity index (χ0v) is 27.8. The largest absolute Gasteiger partial charge is 0.490 e. The number of amides is 1. The summed E-state index contributed by atoms with van der Waals surface area (Å²) in [6, 6.07) is 3.56. The number of cyclic esters (lactones) is 1. The molecule has 15 nitrogen and oxygen atoms in total. The topological polar surface area (TPSA) is 214 Å². The van der Waals surface area contributed by atoms with Gasteiger partial charge in [-0.05, 0) is 51.3 Å². The molecule has 1 amide bonds. The number of piperazine rings is 1. The number of rotatable bonds is 17. The first kappa shape index (κ1) is 37.0. The first-order valence-corrected chi connectivity index (χ1v) is 17.2. The highest BCUT2D eigenvalue weighted by molar-refractivity contribution is 7.89. The number of amidine groups is 1. The molecule has 0 saturated carbocycles. The number of unbranched alkanes of at least 4 members (excludes halogenated alkanes) is 1. The van der Waals surface area contributed by atoms with Crippen molar-refractivity contribution in [3.63, 3.8) is 0 Å². The molecule has 6 N–H and O–H groups in total. The predicted molar refractivity (Wildman–Crippen MR) is 170 cm³/mol. The third-order valence-electron chi connectivity index (χ3n) is 7.54. The number of carbonyl (C=O) groups is 3. The molecule has 258 valence electrons. The van der Waals surface area contributed by atoms with E-state index in [4.69, 9.17) is 25.4 Å². The van der Waals surface area contributed by atoms with Crippen molar-refractivity contribution >= 4 is 33.9 Å². The van der Waals surface area contributed by atoms with Crippen molar-refractivity contribution in [2.45, 2.75) is 83.2 Å². The number of aliphatic carboxylic acids is 1. The normalized spacial score (nSPS) is 19.6. The molecule has 2 heterocycles. The van der Waals surface area contributed by atoms with Crippen molar-refractivity contribution in [1.82, 2.24) is 19.8 Å². The summed E-state index contributed by atoms with van der Waals surface area (Å²) in [6.45, 7) is 9.78. The number of nitrogens with zero attached hydrogens (tertiary/aromatic N) is 2. The summed E-state index contributed by atoms with van der Waals surface area (Å²) in [5.41, 5.74) is 5.74. The second-order valence-corrected chi connectivity index (χ2v) is 14.4. The van der Waals surface area contributed by atoms with Gasteiger partial charge in [0.15, 0.2) is 6.10 Å². The van der Waals surface area contributed by atoms with Crippen LogP contribution in [0, 0.1) is 5.41 Å². The van der Waals surface area contributed by atoms with Gasteiger partial charge < -0.3 is 30.4 Å². The lowest BCUT2D eigenvalue weighted by Gasteiger charge is -2.37. The van der Waals surface area contributed by atoms with E-state index in [1.54, 1.807) is 45.0 Å². The Morgan fingerprint density at radius 1 is 1.20 bits per heavy atom. The molecule has 1 aromatic carbocycles. The number of esters is 1. The van der Waals surface area contributed by atoms with E-state index in [0.29, 0.717) is 50.3 Å². The maximum Gasteiger partial charge on any atom is 0.411 e. The Kier molecular flexibility index (Phi) is 13.2. The van der Waals surface area contributed by atoms with E-state index in [1.165, 1.54) is 4.90 Å². The Morgan fingerprint density at radius 3 is 2.41 bits per heavy atom. The van der Waals surface area contributed by atoms with E-state index in [1.807, 2.05) is 11.8 Å². The molecule has 1 aromatic rings. The molecule has 46 heavy (non-hydrogen) atoms. The van der Waals surface area contributed by atoms with E-state index in [0.717, 1.165) is 0 Å². The van der Waals surface area contributed by atoms with Crippen LogP contribution in [0.5, 0.6) is 5.75 Å². The highest BCUT2D eigenvalue weighted by Gasteiger charge is 2.43. The Hall–Kier alpha value is -3.47. The molecule has 0 radical (unpaired) electrons. The van der Waals surface area contributed by atoms with Crippen molar-refractivity contribution in [1.29, 1.82) is 5.41 Å². The van der Waals surface area contributed by atoms with Gasteiger partial charge in [-0.2, -0.15) is 0 Å². The lowest BCUT2D eigenvalue weighted by Crippen LogP contribution is -2.56. The Morgan fingerprint density at radius 2 is 1.85 bits per heavy atom. The van der Waals surface area contributed by atoms with Crippen LogP contribution in [0.2, 0.25) is 0 Å². The molecule has 0 aromatic heterocycles. The van der Waals surface area contributed by atoms with E-state index < -0.39 is 57.9 Å². The van der Waals surface area contributed by atoms with Gasteiger partial charge in [0.25, 0.3) is 0 Å². The molecule has 2 aliphatic heterocycles. The van der Waals surface area contributed by atoms with Crippen LogP contribution in [-0.2, 0) is 35.5 Å². The average molecular weight is 669 g/mol. The average Bonchev–Trinajstić information content (AvgIpc) is 3.34. The molecule has 2 fully saturated rings. The lowest BCUT2D eigenvalue weighted by atomic mass is 10.0. The highest BCUT2D eigenvalue weighted by Crippen LogP contribution is 2.24. The summed E-state index contributed by atoms with van der Waals surface area (Å²) in [5, 5.41) is 21.0. The summed E-state index contributed by atoms with van der Waals surface area (Å²) in [5.74, 6) is -1.71. The molecule has 3 rings (SSSR count). The minimum absolute atomic E-state index is 0.0223. The molecule has 2 saturated heterocycles. The van der Waals surface area contributed by atoms with Crippen LogP contribution in [-0.4, -0.2) is 122 Å². The fraction of sp³-hybridized carbons (Fsp3) is 0.667. The Bertz CT molecular complexity index is 1310. The van der Waals surface area contributed by atoms with E-state index in [-0.39, 0.29) is 37.6 Å². The van der Waals surface area contributed by atoms with Crippen LogP contribution in [0.3, 0.4) is 0 Å². The number of hydrogen-bond donors (Lipinski definition) is 5. The number of hydrogen-bond acceptors (Lipinski definition) is 11. The fourth-order valence-electron chi connectivity index (χ4n) is 5.22. The summed E-state index contributed by atoms with van der Waals surface area (Å²) >= 11 is 0. The lowest BCUT2D eigenvalue weighted by molar-refractivity contribution is -0.160. The predicted octanol–water partition coefficient (Wildman–Crippen LogP) is 0.912. The van der Waals surface area contributed by atoms with Gasteiger partial charge in [-0.25, -0.2) is 22.7 Å². The second-order valence-electron chi connectivity index (χ2n) is 12.5. The third kappa shape index (κ3) is 11.4. The minimum Gasteiger partial charge on any atom is -0.490 e. The van der Waals surface area contributed by atoms with Gasteiger partial charge in [0, 0.05) is 32.6 Å². The number of ether oxygens (including phenoxy) is 3. The van der Waals surface area contributed by atoms with Crippen molar-refractivity contribution in [2.24, 2.45) is 5.73 Å². The van der Waals surface area contributed by atoms with Gasteiger partial charge >= 0.3 is 18.0 Å². The minimum atomic E-state index is -3.73. The standard InChI is InChI=1S/C30H48N6O9S/c1-5-6-15-46(41,42)34-23(27(37)38)16-20-7-9-21(10-8-20)43-19-22-18-36(29(40)44-22)25(28(39)45-30(2,3)4)17-24(26(31)32)35-13-11-33-12-14-35/h7-10,22-25,33-34H,5-6,11-19H2,1-4H3,(H3,31,32)(H,37,38). The summed E-state index contributed by atoms with van der Waals surface area (Å²) in [6.07, 6.45) is -0.305. The number of carboxylic acid groups (broad SMARTS) is 1. The van der Waals surface area contributed by atoms with Crippen molar-refractivity contribution in [3.05, 3.63) is 29.8 Å². The van der Waals surface area contributed by atoms with Crippen LogP contribution >= 0.6 is 0 Å². The number of nitrogens with one attached hydrogen (secondary N) is 3. The third-order valence-corrected chi connectivity index (χ3v) is 9.01. The van der Waals surface area contributed by atoms with Crippen LogP contribution in [0.4, 0.5) is 4.79 Å². The number of sulfonamides is 1. The van der Waals surface area contributed by atoms with Gasteiger partial charge in [-0.3, -0.25) is 20.0 Å². The summed E-state index contributed by atoms with van der Waals surface area (Å²) < 4.78 is 43.7.